The lowest BCUT2D eigenvalue weighted by atomic mass is 9.85. The van der Waals surface area contributed by atoms with Gasteiger partial charge >= 0.3 is 5.97 Å². The Balaban J connectivity index is 1.77. The van der Waals surface area contributed by atoms with Crippen LogP contribution in [0.3, 0.4) is 0 Å². The molecule has 3 nitrogen and oxygen atoms in total. The van der Waals surface area contributed by atoms with Crippen LogP contribution in [-0.4, -0.2) is 23.2 Å². The van der Waals surface area contributed by atoms with Crippen molar-refractivity contribution in [2.45, 2.75) is 70.4 Å². The molecule has 0 amide bonds. The van der Waals surface area contributed by atoms with Gasteiger partial charge in [0.2, 0.25) is 0 Å². The van der Waals surface area contributed by atoms with Gasteiger partial charge in [-0.15, -0.1) is 0 Å². The van der Waals surface area contributed by atoms with Gasteiger partial charge in [0, 0.05) is 12.1 Å². The van der Waals surface area contributed by atoms with E-state index in [1.807, 2.05) is 0 Å². The van der Waals surface area contributed by atoms with Gasteiger partial charge in [-0.3, -0.25) is 4.79 Å². The van der Waals surface area contributed by atoms with E-state index >= 15 is 0 Å². The normalized spacial score (nSPS) is 38.2. The van der Waals surface area contributed by atoms with Crippen LogP contribution >= 0.6 is 0 Å². The predicted molar refractivity (Wildman–Crippen MR) is 67.9 cm³/mol. The molecule has 2 aliphatic carbocycles. The largest absolute Gasteiger partial charge is 0.481 e. The van der Waals surface area contributed by atoms with E-state index in [4.69, 9.17) is 5.11 Å². The van der Waals surface area contributed by atoms with Crippen molar-refractivity contribution in [1.82, 2.24) is 5.32 Å². The predicted octanol–water partition coefficient (Wildman–Crippen LogP) is 2.80. The number of rotatable bonds is 4. The molecule has 0 saturated heterocycles. The monoisotopic (exact) mass is 239 g/mol. The summed E-state index contributed by atoms with van der Waals surface area (Å²) >= 11 is 0. The molecule has 0 aromatic carbocycles. The van der Waals surface area contributed by atoms with E-state index in [-0.39, 0.29) is 5.92 Å². The number of carboxylic acids is 1. The van der Waals surface area contributed by atoms with Crippen LogP contribution in [0.4, 0.5) is 0 Å². The molecule has 0 aromatic rings. The summed E-state index contributed by atoms with van der Waals surface area (Å²) in [5, 5.41) is 12.8. The smallest absolute Gasteiger partial charge is 0.306 e. The molecule has 3 heteroatoms. The lowest BCUT2D eigenvalue weighted by Crippen LogP contribution is -2.41. The minimum absolute atomic E-state index is 0.107. The molecule has 4 atom stereocenters. The van der Waals surface area contributed by atoms with Gasteiger partial charge in [-0.2, -0.15) is 0 Å². The summed E-state index contributed by atoms with van der Waals surface area (Å²) in [6.45, 7) is 2.27. The molecule has 0 aromatic heterocycles. The van der Waals surface area contributed by atoms with Crippen molar-refractivity contribution in [1.29, 1.82) is 0 Å². The molecule has 2 saturated carbocycles. The highest BCUT2D eigenvalue weighted by atomic mass is 16.4. The second-order valence-corrected chi connectivity index (χ2v) is 5.85. The zero-order valence-corrected chi connectivity index (χ0v) is 10.8. The first-order chi connectivity index (χ1) is 8.19. The fraction of sp³-hybridized carbons (Fsp3) is 0.929. The standard InChI is InChI=1S/C14H25NO2/c1-2-10-6-7-13(8-10)15-12-5-3-4-11(9-12)14(16)17/h10-13,15H,2-9H2,1H3,(H,16,17). The highest BCUT2D eigenvalue weighted by Crippen LogP contribution is 2.30. The van der Waals surface area contributed by atoms with E-state index in [2.05, 4.69) is 12.2 Å². The molecule has 2 fully saturated rings. The number of carbonyl (C=O) groups is 1. The molecular formula is C14H25NO2. The Labute approximate surface area is 104 Å². The van der Waals surface area contributed by atoms with E-state index in [1.54, 1.807) is 0 Å². The van der Waals surface area contributed by atoms with Crippen molar-refractivity contribution < 1.29 is 9.90 Å². The van der Waals surface area contributed by atoms with Crippen molar-refractivity contribution in [2.75, 3.05) is 0 Å². The van der Waals surface area contributed by atoms with Crippen LogP contribution in [0.2, 0.25) is 0 Å². The van der Waals surface area contributed by atoms with Gasteiger partial charge in [0.1, 0.15) is 0 Å². The van der Waals surface area contributed by atoms with Crippen LogP contribution in [0.15, 0.2) is 0 Å². The summed E-state index contributed by atoms with van der Waals surface area (Å²) in [5.41, 5.74) is 0. The molecule has 17 heavy (non-hydrogen) atoms. The van der Waals surface area contributed by atoms with Crippen molar-refractivity contribution in [3.05, 3.63) is 0 Å². The van der Waals surface area contributed by atoms with Crippen LogP contribution in [0.5, 0.6) is 0 Å². The molecule has 2 N–H and O–H groups in total. The van der Waals surface area contributed by atoms with Gasteiger partial charge < -0.3 is 10.4 Å². The molecule has 98 valence electrons. The minimum Gasteiger partial charge on any atom is -0.481 e. The Kier molecular flexibility index (Phi) is 4.43. The highest BCUT2D eigenvalue weighted by molar-refractivity contribution is 5.70. The van der Waals surface area contributed by atoms with E-state index in [1.165, 1.54) is 25.7 Å². The molecule has 2 rings (SSSR count). The molecule has 0 radical (unpaired) electrons. The summed E-state index contributed by atoms with van der Waals surface area (Å²) in [6, 6.07) is 1.10. The Morgan fingerprint density at radius 3 is 2.59 bits per heavy atom. The first-order valence-corrected chi connectivity index (χ1v) is 7.18. The molecule has 0 heterocycles. The molecule has 0 aliphatic heterocycles. The average Bonchev–Trinajstić information content (AvgIpc) is 2.77. The molecule has 2 aliphatic rings. The maximum Gasteiger partial charge on any atom is 0.306 e. The van der Waals surface area contributed by atoms with E-state index < -0.39 is 5.97 Å². The van der Waals surface area contributed by atoms with Gasteiger partial charge in [0.25, 0.3) is 0 Å². The number of nitrogens with one attached hydrogen (secondary N) is 1. The third kappa shape index (κ3) is 3.44. The second-order valence-electron chi connectivity index (χ2n) is 5.85. The topological polar surface area (TPSA) is 49.3 Å². The lowest BCUT2D eigenvalue weighted by molar-refractivity contribution is -0.143. The second kappa shape index (κ2) is 5.85. The van der Waals surface area contributed by atoms with Gasteiger partial charge in [0.15, 0.2) is 0 Å². The van der Waals surface area contributed by atoms with Crippen molar-refractivity contribution in [3.8, 4) is 0 Å². The highest BCUT2D eigenvalue weighted by Gasteiger charge is 2.30. The van der Waals surface area contributed by atoms with E-state index in [0.29, 0.717) is 12.1 Å². The van der Waals surface area contributed by atoms with Crippen LogP contribution in [-0.2, 0) is 4.79 Å². The maximum atomic E-state index is 11.0. The number of carboxylic acid groups (broad SMARTS) is 1. The minimum atomic E-state index is -0.602. The van der Waals surface area contributed by atoms with E-state index in [0.717, 1.165) is 31.6 Å². The van der Waals surface area contributed by atoms with Gasteiger partial charge in [-0.1, -0.05) is 19.8 Å². The van der Waals surface area contributed by atoms with Crippen LogP contribution in [0, 0.1) is 11.8 Å². The SMILES string of the molecule is CCC1CCC(NC2CCCC(C(=O)O)C2)C1. The van der Waals surface area contributed by atoms with Gasteiger partial charge in [-0.25, -0.2) is 0 Å². The lowest BCUT2D eigenvalue weighted by Gasteiger charge is -2.30. The van der Waals surface area contributed by atoms with Crippen molar-refractivity contribution >= 4 is 5.97 Å². The Hall–Kier alpha value is -0.570. The molecule has 0 bridgehead atoms. The van der Waals surface area contributed by atoms with Crippen molar-refractivity contribution in [3.63, 3.8) is 0 Å². The molecule has 4 unspecified atom stereocenters. The number of hydrogen-bond acceptors (Lipinski definition) is 2. The summed E-state index contributed by atoms with van der Waals surface area (Å²) in [6.07, 6.45) is 9.16. The first-order valence-electron chi connectivity index (χ1n) is 7.18. The summed E-state index contributed by atoms with van der Waals surface area (Å²) in [7, 11) is 0. The third-order valence-corrected chi connectivity index (χ3v) is 4.61. The number of aliphatic carboxylic acids is 1. The maximum absolute atomic E-state index is 11.0. The van der Waals surface area contributed by atoms with Crippen molar-refractivity contribution in [2.24, 2.45) is 11.8 Å². The average molecular weight is 239 g/mol. The first kappa shape index (κ1) is 12.9. The Bertz CT molecular complexity index is 267. The van der Waals surface area contributed by atoms with Gasteiger partial charge in [0.05, 0.1) is 5.92 Å². The fourth-order valence-electron chi connectivity index (χ4n) is 3.50. The van der Waals surface area contributed by atoms with Crippen LogP contribution < -0.4 is 5.32 Å². The fourth-order valence-corrected chi connectivity index (χ4v) is 3.50. The summed E-state index contributed by atoms with van der Waals surface area (Å²) < 4.78 is 0. The molecule has 0 spiro atoms. The number of hydrogen-bond donors (Lipinski definition) is 2. The summed E-state index contributed by atoms with van der Waals surface area (Å²) in [5.74, 6) is 0.186. The zero-order chi connectivity index (χ0) is 12.3. The Morgan fingerprint density at radius 2 is 1.94 bits per heavy atom. The van der Waals surface area contributed by atoms with Crippen LogP contribution in [0.25, 0.3) is 0 Å². The Morgan fingerprint density at radius 1 is 1.18 bits per heavy atom. The van der Waals surface area contributed by atoms with Gasteiger partial charge in [-0.05, 0) is 44.4 Å². The molecular weight excluding hydrogens is 214 g/mol. The van der Waals surface area contributed by atoms with Crippen LogP contribution in [0.1, 0.15) is 58.3 Å². The quantitative estimate of drug-likeness (QED) is 0.793. The zero-order valence-electron chi connectivity index (χ0n) is 10.8. The third-order valence-electron chi connectivity index (χ3n) is 4.61. The summed E-state index contributed by atoms with van der Waals surface area (Å²) in [4.78, 5) is 11.0. The van der Waals surface area contributed by atoms with E-state index in [9.17, 15) is 4.79 Å².